The van der Waals surface area contributed by atoms with E-state index < -0.39 is 34.5 Å². The topological polar surface area (TPSA) is 115 Å². The minimum absolute atomic E-state index is 0.104. The first-order valence-corrected chi connectivity index (χ1v) is 6.53. The third-order valence-corrected chi connectivity index (χ3v) is 3.25. The molecule has 1 heterocycles. The first-order chi connectivity index (χ1) is 11.4. The lowest BCUT2D eigenvalue weighted by atomic mass is 10.1. The molecular weight excluding hydrogens is 321 g/mol. The molecule has 0 atom stereocenters. The summed E-state index contributed by atoms with van der Waals surface area (Å²) in [6.45, 7) is -0.513. The Hall–Kier alpha value is -3.54. The standard InChI is InChI=1S/C15H10FN3O5/c1-24-15(21)10-5-9(6-17)14(20)18(7-10)8-11-12(16)3-2-4-13(11)19(22)23/h2-5,7H,8H2,1H3. The molecule has 2 rings (SSSR count). The number of hydrogen-bond donors (Lipinski definition) is 0. The van der Waals surface area contributed by atoms with Gasteiger partial charge in [0.05, 0.1) is 29.7 Å². The van der Waals surface area contributed by atoms with Crippen LogP contribution in [-0.2, 0) is 11.3 Å². The summed E-state index contributed by atoms with van der Waals surface area (Å²) >= 11 is 0. The van der Waals surface area contributed by atoms with Crippen LogP contribution in [0.15, 0.2) is 35.3 Å². The molecule has 0 unspecified atom stereocenters. The number of benzene rings is 1. The van der Waals surface area contributed by atoms with Crippen LogP contribution in [0, 0.1) is 27.3 Å². The summed E-state index contributed by atoms with van der Waals surface area (Å²) in [7, 11) is 1.12. The van der Waals surface area contributed by atoms with Crippen molar-refractivity contribution in [2.75, 3.05) is 7.11 Å². The van der Waals surface area contributed by atoms with Gasteiger partial charge in [-0.1, -0.05) is 6.07 Å². The summed E-state index contributed by atoms with van der Waals surface area (Å²) in [4.78, 5) is 34.0. The highest BCUT2D eigenvalue weighted by Crippen LogP contribution is 2.22. The van der Waals surface area contributed by atoms with Crippen LogP contribution >= 0.6 is 0 Å². The highest BCUT2D eigenvalue weighted by atomic mass is 19.1. The second kappa shape index (κ2) is 6.70. The van der Waals surface area contributed by atoms with E-state index >= 15 is 0 Å². The van der Waals surface area contributed by atoms with Gasteiger partial charge in [-0.05, 0) is 12.1 Å². The highest BCUT2D eigenvalue weighted by Gasteiger charge is 2.20. The first-order valence-electron chi connectivity index (χ1n) is 6.53. The Kier molecular flexibility index (Phi) is 4.70. The fourth-order valence-electron chi connectivity index (χ4n) is 2.11. The summed E-state index contributed by atoms with van der Waals surface area (Å²) in [5, 5.41) is 20.0. The van der Waals surface area contributed by atoms with Gasteiger partial charge in [0.25, 0.3) is 11.2 Å². The molecule has 0 aliphatic rings. The number of carbonyl (C=O) groups excluding carboxylic acids is 1. The molecule has 0 spiro atoms. The van der Waals surface area contributed by atoms with Gasteiger partial charge in [-0.2, -0.15) is 5.26 Å². The van der Waals surface area contributed by atoms with E-state index in [1.165, 1.54) is 6.07 Å². The van der Waals surface area contributed by atoms with Crippen LogP contribution in [0.3, 0.4) is 0 Å². The molecule has 0 bridgehead atoms. The van der Waals surface area contributed by atoms with Crippen LogP contribution in [0.2, 0.25) is 0 Å². The molecule has 0 aliphatic heterocycles. The molecule has 0 fully saturated rings. The van der Waals surface area contributed by atoms with Crippen LogP contribution in [0.25, 0.3) is 0 Å². The number of nitriles is 1. The summed E-state index contributed by atoms with van der Waals surface area (Å²) in [6, 6.07) is 5.95. The monoisotopic (exact) mass is 331 g/mol. The lowest BCUT2D eigenvalue weighted by Crippen LogP contribution is -2.25. The predicted octanol–water partition coefficient (Wildman–Crippen LogP) is 1.60. The van der Waals surface area contributed by atoms with Crippen LogP contribution in [0.4, 0.5) is 10.1 Å². The first kappa shape index (κ1) is 16.8. The van der Waals surface area contributed by atoms with Gasteiger partial charge in [-0.15, -0.1) is 0 Å². The van der Waals surface area contributed by atoms with E-state index in [0.717, 1.165) is 36.1 Å². The number of aromatic nitrogens is 1. The Morgan fingerprint density at radius 1 is 1.50 bits per heavy atom. The van der Waals surface area contributed by atoms with Crippen molar-refractivity contribution < 1.29 is 18.8 Å². The van der Waals surface area contributed by atoms with Crippen LogP contribution < -0.4 is 5.56 Å². The van der Waals surface area contributed by atoms with Crippen molar-refractivity contribution in [3.63, 3.8) is 0 Å². The maximum absolute atomic E-state index is 14.0. The van der Waals surface area contributed by atoms with Gasteiger partial charge in [-0.3, -0.25) is 14.9 Å². The number of methoxy groups -OCH3 is 1. The molecule has 1 aromatic carbocycles. The van der Waals surface area contributed by atoms with Crippen molar-refractivity contribution in [2.45, 2.75) is 6.54 Å². The minimum Gasteiger partial charge on any atom is -0.465 e. The average Bonchev–Trinajstić information content (AvgIpc) is 2.57. The molecule has 24 heavy (non-hydrogen) atoms. The quantitative estimate of drug-likeness (QED) is 0.477. The molecule has 0 saturated heterocycles. The van der Waals surface area contributed by atoms with Gasteiger partial charge < -0.3 is 9.30 Å². The molecule has 8 nitrogen and oxygen atoms in total. The zero-order valence-electron chi connectivity index (χ0n) is 12.4. The summed E-state index contributed by atoms with van der Waals surface area (Å²) in [5.41, 5.74) is -2.12. The number of pyridine rings is 1. The molecule has 9 heteroatoms. The summed E-state index contributed by atoms with van der Waals surface area (Å²) in [5.74, 6) is -1.68. The summed E-state index contributed by atoms with van der Waals surface area (Å²) in [6.07, 6.45) is 1.06. The molecule has 0 radical (unpaired) electrons. The summed E-state index contributed by atoms with van der Waals surface area (Å²) < 4.78 is 19.3. The number of carbonyl (C=O) groups is 1. The average molecular weight is 331 g/mol. The second-order valence-electron chi connectivity index (χ2n) is 4.67. The number of nitrogens with zero attached hydrogens (tertiary/aromatic N) is 3. The predicted molar refractivity (Wildman–Crippen MR) is 78.9 cm³/mol. The van der Waals surface area contributed by atoms with E-state index in [1.54, 1.807) is 6.07 Å². The zero-order valence-corrected chi connectivity index (χ0v) is 12.4. The maximum atomic E-state index is 14.0. The number of nitro benzene ring substituents is 1. The van der Waals surface area contributed by atoms with E-state index in [9.17, 15) is 24.1 Å². The van der Waals surface area contributed by atoms with Gasteiger partial charge in [0.1, 0.15) is 17.4 Å². The van der Waals surface area contributed by atoms with Gasteiger partial charge in [0, 0.05) is 12.3 Å². The normalized spacial score (nSPS) is 10.0. The van der Waals surface area contributed by atoms with Gasteiger partial charge >= 0.3 is 5.97 Å². The third kappa shape index (κ3) is 3.12. The van der Waals surface area contributed by atoms with E-state index in [4.69, 9.17) is 5.26 Å². The number of nitro groups is 1. The van der Waals surface area contributed by atoms with Crippen molar-refractivity contribution in [3.05, 3.63) is 73.4 Å². The molecule has 0 aliphatic carbocycles. The number of rotatable bonds is 4. The van der Waals surface area contributed by atoms with Crippen molar-refractivity contribution in [2.24, 2.45) is 0 Å². The van der Waals surface area contributed by atoms with Gasteiger partial charge in [0.2, 0.25) is 0 Å². The number of halogens is 1. The van der Waals surface area contributed by atoms with Gasteiger partial charge in [0.15, 0.2) is 0 Å². The molecule has 1 aromatic heterocycles. The molecular formula is C15H10FN3O5. The largest absolute Gasteiger partial charge is 0.465 e. The Morgan fingerprint density at radius 3 is 2.79 bits per heavy atom. The van der Waals surface area contributed by atoms with Crippen molar-refractivity contribution >= 4 is 11.7 Å². The van der Waals surface area contributed by atoms with E-state index in [0.29, 0.717) is 0 Å². The van der Waals surface area contributed by atoms with E-state index in [1.807, 2.05) is 0 Å². The van der Waals surface area contributed by atoms with Crippen LogP contribution in [-0.4, -0.2) is 22.6 Å². The molecule has 0 amide bonds. The van der Waals surface area contributed by atoms with Gasteiger partial charge in [-0.25, -0.2) is 9.18 Å². The number of hydrogen-bond acceptors (Lipinski definition) is 6. The van der Waals surface area contributed by atoms with Crippen molar-refractivity contribution in [1.82, 2.24) is 4.57 Å². The molecule has 0 saturated carbocycles. The SMILES string of the molecule is COC(=O)c1cc(C#N)c(=O)n(Cc2c(F)cccc2[N+](=O)[O-])c1. The second-order valence-corrected chi connectivity index (χ2v) is 4.67. The Morgan fingerprint density at radius 2 is 2.21 bits per heavy atom. The minimum atomic E-state index is -0.877. The molecule has 122 valence electrons. The van der Waals surface area contributed by atoms with Crippen LogP contribution in [0.1, 0.15) is 21.5 Å². The fourth-order valence-corrected chi connectivity index (χ4v) is 2.11. The Balaban J connectivity index is 2.63. The maximum Gasteiger partial charge on any atom is 0.339 e. The molecule has 0 N–H and O–H groups in total. The smallest absolute Gasteiger partial charge is 0.339 e. The Bertz CT molecular complexity index is 930. The lowest BCUT2D eigenvalue weighted by Gasteiger charge is -2.10. The highest BCUT2D eigenvalue weighted by molar-refractivity contribution is 5.89. The number of ether oxygens (including phenoxy) is 1. The van der Waals surface area contributed by atoms with Crippen molar-refractivity contribution in [3.8, 4) is 6.07 Å². The zero-order chi connectivity index (χ0) is 17.9. The Labute approximate surface area is 134 Å². The lowest BCUT2D eigenvalue weighted by molar-refractivity contribution is -0.385. The molecule has 2 aromatic rings. The van der Waals surface area contributed by atoms with E-state index in [-0.39, 0.29) is 16.7 Å². The van der Waals surface area contributed by atoms with Crippen molar-refractivity contribution in [1.29, 1.82) is 5.26 Å². The number of esters is 1. The third-order valence-electron chi connectivity index (χ3n) is 3.25. The fraction of sp³-hybridized carbons (Fsp3) is 0.133. The van der Waals surface area contributed by atoms with Crippen LogP contribution in [0.5, 0.6) is 0 Å². The van der Waals surface area contributed by atoms with E-state index in [2.05, 4.69) is 4.74 Å².